The zero-order chi connectivity index (χ0) is 21.8. The van der Waals surface area contributed by atoms with Crippen LogP contribution in [0.1, 0.15) is 59.8 Å². The molecular formula is C29H33NO2. The first-order chi connectivity index (χ1) is 15.8. The second-order valence-electron chi connectivity index (χ2n) is 9.28. The van der Waals surface area contributed by atoms with E-state index >= 15 is 0 Å². The Morgan fingerprint density at radius 2 is 1.62 bits per heavy atom. The third-order valence-electron chi connectivity index (χ3n) is 7.11. The van der Waals surface area contributed by atoms with E-state index in [1.807, 2.05) is 6.07 Å². The van der Waals surface area contributed by atoms with Crippen LogP contribution in [-0.4, -0.2) is 36.2 Å². The molecule has 0 aromatic heterocycles. The van der Waals surface area contributed by atoms with Crippen molar-refractivity contribution < 1.29 is 9.84 Å². The van der Waals surface area contributed by atoms with E-state index in [9.17, 15) is 5.11 Å². The summed E-state index contributed by atoms with van der Waals surface area (Å²) in [5, 5.41) is 9.95. The van der Waals surface area contributed by atoms with E-state index in [2.05, 4.69) is 59.5 Å². The van der Waals surface area contributed by atoms with Crippen LogP contribution in [0.25, 0.3) is 0 Å². The van der Waals surface area contributed by atoms with E-state index in [1.165, 1.54) is 62.0 Å². The van der Waals surface area contributed by atoms with Gasteiger partial charge in [0.05, 0.1) is 6.61 Å². The summed E-state index contributed by atoms with van der Waals surface area (Å²) >= 11 is 0. The molecular weight excluding hydrogens is 394 g/mol. The Morgan fingerprint density at radius 1 is 0.844 bits per heavy atom. The zero-order valence-corrected chi connectivity index (χ0v) is 18.7. The summed E-state index contributed by atoms with van der Waals surface area (Å²) < 4.78 is 6.09. The maximum Gasteiger partial charge on any atom is 0.126 e. The van der Waals surface area contributed by atoms with Crippen molar-refractivity contribution in [1.82, 2.24) is 4.90 Å². The highest BCUT2D eigenvalue weighted by atomic mass is 16.5. The minimum atomic E-state index is 0.214. The molecule has 0 aliphatic carbocycles. The Hall–Kier alpha value is -2.78. The van der Waals surface area contributed by atoms with E-state index in [4.69, 9.17) is 4.74 Å². The van der Waals surface area contributed by atoms with Crippen molar-refractivity contribution in [3.63, 3.8) is 0 Å². The molecule has 1 N–H and O–H groups in total. The lowest BCUT2D eigenvalue weighted by Gasteiger charge is -2.34. The molecule has 5 rings (SSSR count). The van der Waals surface area contributed by atoms with Gasteiger partial charge >= 0.3 is 0 Å². The Morgan fingerprint density at radius 3 is 2.41 bits per heavy atom. The molecule has 2 atom stereocenters. The molecule has 0 bridgehead atoms. The maximum absolute atomic E-state index is 9.95. The van der Waals surface area contributed by atoms with Gasteiger partial charge in [-0.05, 0) is 74.5 Å². The Balaban J connectivity index is 1.33. The fourth-order valence-corrected chi connectivity index (χ4v) is 5.36. The fraction of sp³-hybridized carbons (Fsp3) is 0.379. The van der Waals surface area contributed by atoms with Crippen LogP contribution >= 0.6 is 0 Å². The van der Waals surface area contributed by atoms with Gasteiger partial charge in [0, 0.05) is 23.5 Å². The Labute approximate surface area is 191 Å². The van der Waals surface area contributed by atoms with E-state index in [0.29, 0.717) is 6.61 Å². The molecule has 0 radical (unpaired) electrons. The van der Waals surface area contributed by atoms with Gasteiger partial charge in [-0.25, -0.2) is 0 Å². The molecule has 3 aromatic carbocycles. The van der Waals surface area contributed by atoms with Gasteiger partial charge in [0.15, 0.2) is 0 Å². The van der Waals surface area contributed by atoms with Crippen LogP contribution in [0.5, 0.6) is 11.5 Å². The van der Waals surface area contributed by atoms with Crippen molar-refractivity contribution >= 4 is 0 Å². The number of likely N-dealkylation sites (tertiary alicyclic amines) is 1. The van der Waals surface area contributed by atoms with Gasteiger partial charge in [0.25, 0.3) is 0 Å². The van der Waals surface area contributed by atoms with Crippen molar-refractivity contribution in [2.75, 3.05) is 26.2 Å². The molecule has 2 heterocycles. The topological polar surface area (TPSA) is 32.7 Å². The van der Waals surface area contributed by atoms with Crippen molar-refractivity contribution in [3.05, 3.63) is 95.1 Å². The highest BCUT2D eigenvalue weighted by Gasteiger charge is 2.33. The monoisotopic (exact) mass is 427 g/mol. The van der Waals surface area contributed by atoms with E-state index in [0.717, 1.165) is 17.7 Å². The van der Waals surface area contributed by atoms with Crippen LogP contribution in [0.2, 0.25) is 0 Å². The number of aryl methyl sites for hydroxylation is 1. The normalized spacial score (nSPS) is 20.6. The molecule has 3 aromatic rings. The molecule has 3 nitrogen and oxygen atoms in total. The number of ether oxygens (including phenoxy) is 1. The summed E-state index contributed by atoms with van der Waals surface area (Å²) in [5.74, 6) is 1.52. The summed E-state index contributed by atoms with van der Waals surface area (Å²) in [7, 11) is 0. The Kier molecular flexibility index (Phi) is 6.45. The van der Waals surface area contributed by atoms with Gasteiger partial charge in [0.1, 0.15) is 11.5 Å². The van der Waals surface area contributed by atoms with Crippen LogP contribution in [0.15, 0.2) is 72.8 Å². The van der Waals surface area contributed by atoms with E-state index in [1.54, 1.807) is 12.1 Å². The second-order valence-corrected chi connectivity index (χ2v) is 9.28. The van der Waals surface area contributed by atoms with Crippen molar-refractivity contribution in [3.8, 4) is 11.5 Å². The third-order valence-corrected chi connectivity index (χ3v) is 7.11. The fourth-order valence-electron chi connectivity index (χ4n) is 5.36. The van der Waals surface area contributed by atoms with Crippen LogP contribution in [0.3, 0.4) is 0 Å². The lowest BCUT2D eigenvalue weighted by molar-refractivity contribution is 0.248. The predicted octanol–water partition coefficient (Wildman–Crippen LogP) is 6.12. The molecule has 0 amide bonds. The number of fused-ring (bicyclic) bond motifs is 1. The predicted molar refractivity (Wildman–Crippen MR) is 130 cm³/mol. The zero-order valence-electron chi connectivity index (χ0n) is 18.7. The van der Waals surface area contributed by atoms with Gasteiger partial charge in [-0.3, -0.25) is 0 Å². The second kappa shape index (κ2) is 9.79. The molecule has 0 saturated carbocycles. The van der Waals surface area contributed by atoms with E-state index in [-0.39, 0.29) is 17.6 Å². The highest BCUT2D eigenvalue weighted by Crippen LogP contribution is 2.46. The van der Waals surface area contributed by atoms with Crippen molar-refractivity contribution in [1.29, 1.82) is 0 Å². The molecule has 1 fully saturated rings. The number of hydrogen-bond acceptors (Lipinski definition) is 3. The highest BCUT2D eigenvalue weighted by molar-refractivity contribution is 5.50. The molecule has 1 saturated heterocycles. The number of unbranched alkanes of at least 4 members (excludes halogenated alkanes) is 1. The summed E-state index contributed by atoms with van der Waals surface area (Å²) in [5.41, 5.74) is 5.18. The summed E-state index contributed by atoms with van der Waals surface area (Å²) in [4.78, 5) is 2.60. The molecule has 3 heteroatoms. The third kappa shape index (κ3) is 4.68. The SMILES string of the molecule is Oc1ccc2c(c1)OC[C@H](c1ccccc1)[C@@H]2c1ccc(CCCCN2CCCC2)cc1. The molecule has 32 heavy (non-hydrogen) atoms. The number of phenols is 1. The number of nitrogens with zero attached hydrogens (tertiary/aromatic N) is 1. The largest absolute Gasteiger partial charge is 0.508 e. The first-order valence-electron chi connectivity index (χ1n) is 12.1. The number of benzene rings is 3. The van der Waals surface area contributed by atoms with Crippen LogP contribution < -0.4 is 4.74 Å². The summed E-state index contributed by atoms with van der Waals surface area (Å²) in [6.07, 6.45) is 6.44. The van der Waals surface area contributed by atoms with Gasteiger partial charge in [-0.15, -0.1) is 0 Å². The average molecular weight is 428 g/mol. The minimum absolute atomic E-state index is 0.214. The lowest BCUT2D eigenvalue weighted by Crippen LogP contribution is -2.25. The van der Waals surface area contributed by atoms with Gasteiger partial charge in [0.2, 0.25) is 0 Å². The first-order valence-corrected chi connectivity index (χ1v) is 12.1. The molecule has 0 spiro atoms. The number of hydrogen-bond donors (Lipinski definition) is 1. The van der Waals surface area contributed by atoms with Crippen molar-refractivity contribution in [2.45, 2.75) is 43.9 Å². The number of rotatable bonds is 7. The van der Waals surface area contributed by atoms with Crippen LogP contribution in [0.4, 0.5) is 0 Å². The quantitative estimate of drug-likeness (QED) is 0.461. The number of aromatic hydroxyl groups is 1. The molecule has 0 unspecified atom stereocenters. The van der Waals surface area contributed by atoms with Crippen molar-refractivity contribution in [2.24, 2.45) is 0 Å². The van der Waals surface area contributed by atoms with Crippen LogP contribution in [0, 0.1) is 0 Å². The van der Waals surface area contributed by atoms with Gasteiger partial charge in [-0.1, -0.05) is 60.7 Å². The Bertz CT molecular complexity index is 1010. The number of phenolic OH excluding ortho intramolecular Hbond substituents is 1. The van der Waals surface area contributed by atoms with Crippen LogP contribution in [-0.2, 0) is 6.42 Å². The smallest absolute Gasteiger partial charge is 0.126 e. The molecule has 166 valence electrons. The first kappa shape index (κ1) is 21.1. The molecule has 2 aliphatic rings. The average Bonchev–Trinajstić information content (AvgIpc) is 3.36. The maximum atomic E-state index is 9.95. The lowest BCUT2D eigenvalue weighted by atomic mass is 9.75. The van der Waals surface area contributed by atoms with Gasteiger partial charge < -0.3 is 14.7 Å². The van der Waals surface area contributed by atoms with E-state index < -0.39 is 0 Å². The summed E-state index contributed by atoms with van der Waals surface area (Å²) in [6.45, 7) is 4.45. The molecule has 2 aliphatic heterocycles. The summed E-state index contributed by atoms with van der Waals surface area (Å²) in [6, 6.07) is 25.4. The minimum Gasteiger partial charge on any atom is -0.508 e. The standard InChI is InChI=1S/C29H33NO2/c31-25-15-16-26-28(20-25)32-21-27(23-9-2-1-3-10-23)29(26)24-13-11-22(12-14-24)8-4-5-17-30-18-6-7-19-30/h1-3,9-16,20,27,29,31H,4-8,17-19,21H2/t27-,29-/m1/s1. The van der Waals surface area contributed by atoms with Gasteiger partial charge in [-0.2, -0.15) is 0 Å².